The van der Waals surface area contributed by atoms with Crippen molar-refractivity contribution < 1.29 is 0 Å². The molecule has 0 fully saturated rings. The summed E-state index contributed by atoms with van der Waals surface area (Å²) in [5, 5.41) is 0. The maximum atomic E-state index is 3.92. The maximum absolute atomic E-state index is 3.92. The minimum Gasteiger partial charge on any atom is -0.103 e. The van der Waals surface area contributed by atoms with Crippen LogP contribution in [0.25, 0.3) is 0 Å². The Labute approximate surface area is 142 Å². The molecule has 0 aromatic carbocycles. The van der Waals surface area contributed by atoms with E-state index in [1.807, 2.05) is 0 Å². The molecule has 0 aliphatic heterocycles. The Kier molecular flexibility index (Phi) is 18.6. The summed E-state index contributed by atoms with van der Waals surface area (Å²) >= 11 is 0. The van der Waals surface area contributed by atoms with Crippen molar-refractivity contribution in [3.8, 4) is 0 Å². The van der Waals surface area contributed by atoms with E-state index < -0.39 is 0 Å². The normalized spacial score (nSPS) is 12.5. The fraction of sp³-hybridized carbons (Fsp3) is 0.909. The van der Waals surface area contributed by atoms with E-state index in [-0.39, 0.29) is 0 Å². The summed E-state index contributed by atoms with van der Waals surface area (Å²) in [6.07, 6.45) is 26.6. The minimum absolute atomic E-state index is 0.766. The van der Waals surface area contributed by atoms with Crippen molar-refractivity contribution in [3.05, 3.63) is 12.7 Å². The highest BCUT2D eigenvalue weighted by Gasteiger charge is 2.00. The van der Waals surface area contributed by atoms with Gasteiger partial charge in [0.25, 0.3) is 0 Å². The molecule has 0 radical (unpaired) electrons. The SMILES string of the molecule is C=CC(CC)CCCCCCCCCCCCCCCCC. The van der Waals surface area contributed by atoms with E-state index in [0.717, 1.165) is 5.92 Å². The molecule has 0 aromatic heterocycles. The smallest absolute Gasteiger partial charge is 0.0239 e. The molecule has 0 amide bonds. The summed E-state index contributed by atoms with van der Waals surface area (Å²) in [7, 11) is 0. The monoisotopic (exact) mass is 308 g/mol. The topological polar surface area (TPSA) is 0 Å². The van der Waals surface area contributed by atoms with Crippen LogP contribution in [-0.4, -0.2) is 0 Å². The Hall–Kier alpha value is -0.260. The number of hydrogen-bond donors (Lipinski definition) is 0. The van der Waals surface area contributed by atoms with Gasteiger partial charge in [0.05, 0.1) is 0 Å². The van der Waals surface area contributed by atoms with E-state index >= 15 is 0 Å². The molecule has 0 heterocycles. The Morgan fingerprint density at radius 1 is 0.591 bits per heavy atom. The van der Waals surface area contributed by atoms with Gasteiger partial charge in [0.15, 0.2) is 0 Å². The van der Waals surface area contributed by atoms with E-state index in [1.54, 1.807) is 0 Å². The van der Waals surface area contributed by atoms with Crippen LogP contribution in [0, 0.1) is 5.92 Å². The Morgan fingerprint density at radius 2 is 0.955 bits per heavy atom. The first-order chi connectivity index (χ1) is 10.8. The van der Waals surface area contributed by atoms with E-state index in [1.165, 1.54) is 109 Å². The van der Waals surface area contributed by atoms with Crippen molar-refractivity contribution in [1.29, 1.82) is 0 Å². The summed E-state index contributed by atoms with van der Waals surface area (Å²) < 4.78 is 0. The van der Waals surface area contributed by atoms with Crippen molar-refractivity contribution in [3.63, 3.8) is 0 Å². The van der Waals surface area contributed by atoms with Crippen molar-refractivity contribution >= 4 is 0 Å². The van der Waals surface area contributed by atoms with Gasteiger partial charge >= 0.3 is 0 Å². The molecule has 0 aliphatic carbocycles. The van der Waals surface area contributed by atoms with Gasteiger partial charge in [0.1, 0.15) is 0 Å². The van der Waals surface area contributed by atoms with Crippen LogP contribution < -0.4 is 0 Å². The summed E-state index contributed by atoms with van der Waals surface area (Å²) in [5.74, 6) is 0.766. The third-order valence-electron chi connectivity index (χ3n) is 5.04. The first-order valence-corrected chi connectivity index (χ1v) is 10.5. The van der Waals surface area contributed by atoms with Gasteiger partial charge in [-0.3, -0.25) is 0 Å². The average Bonchev–Trinajstić information content (AvgIpc) is 2.55. The Bertz CT molecular complexity index is 206. The molecule has 0 aromatic rings. The lowest BCUT2D eigenvalue weighted by Crippen LogP contribution is -1.93. The van der Waals surface area contributed by atoms with E-state index in [2.05, 4.69) is 26.5 Å². The number of rotatable bonds is 18. The second kappa shape index (κ2) is 18.8. The van der Waals surface area contributed by atoms with Gasteiger partial charge in [-0.25, -0.2) is 0 Å². The molecule has 0 bridgehead atoms. The van der Waals surface area contributed by atoms with Crippen molar-refractivity contribution in [2.45, 2.75) is 123 Å². The third kappa shape index (κ3) is 16.1. The largest absolute Gasteiger partial charge is 0.103 e. The van der Waals surface area contributed by atoms with Crippen LogP contribution in [0.3, 0.4) is 0 Å². The molecule has 0 rings (SSSR count). The Balaban J connectivity index is 3.04. The van der Waals surface area contributed by atoms with Crippen LogP contribution in [0.2, 0.25) is 0 Å². The summed E-state index contributed by atoms with van der Waals surface area (Å²) in [5.41, 5.74) is 0. The van der Waals surface area contributed by atoms with Crippen LogP contribution in [-0.2, 0) is 0 Å². The van der Waals surface area contributed by atoms with Crippen molar-refractivity contribution in [2.24, 2.45) is 5.92 Å². The zero-order valence-corrected chi connectivity index (χ0v) is 15.9. The van der Waals surface area contributed by atoms with Gasteiger partial charge in [-0.2, -0.15) is 0 Å². The molecule has 1 atom stereocenters. The zero-order chi connectivity index (χ0) is 16.3. The van der Waals surface area contributed by atoms with Gasteiger partial charge in [-0.15, -0.1) is 6.58 Å². The van der Waals surface area contributed by atoms with E-state index in [0.29, 0.717) is 0 Å². The summed E-state index contributed by atoms with van der Waals surface area (Å²) in [6, 6.07) is 0. The molecular weight excluding hydrogens is 264 g/mol. The molecule has 0 saturated carbocycles. The standard InChI is InChI=1S/C22H44/c1-4-7-8-9-10-11-12-13-14-15-16-17-18-19-20-21-22(5-2)6-3/h5,22H,2,4,6-21H2,1,3H3. The van der Waals surface area contributed by atoms with E-state index in [4.69, 9.17) is 0 Å². The quantitative estimate of drug-likeness (QED) is 0.176. The zero-order valence-electron chi connectivity index (χ0n) is 15.9. The molecule has 22 heavy (non-hydrogen) atoms. The number of allylic oxidation sites excluding steroid dienone is 1. The first-order valence-electron chi connectivity index (χ1n) is 10.5. The molecule has 132 valence electrons. The molecule has 1 unspecified atom stereocenters. The maximum Gasteiger partial charge on any atom is -0.0239 e. The fourth-order valence-electron chi connectivity index (χ4n) is 3.27. The van der Waals surface area contributed by atoms with Gasteiger partial charge in [0, 0.05) is 0 Å². The highest BCUT2D eigenvalue weighted by molar-refractivity contribution is 4.77. The van der Waals surface area contributed by atoms with Gasteiger partial charge in [-0.1, -0.05) is 116 Å². The molecule has 0 heteroatoms. The number of hydrogen-bond acceptors (Lipinski definition) is 0. The lowest BCUT2D eigenvalue weighted by atomic mass is 9.98. The van der Waals surface area contributed by atoms with Gasteiger partial charge in [-0.05, 0) is 18.8 Å². The second-order valence-corrected chi connectivity index (χ2v) is 7.14. The highest BCUT2D eigenvalue weighted by atomic mass is 14.1. The van der Waals surface area contributed by atoms with Crippen LogP contribution in [0.4, 0.5) is 0 Å². The van der Waals surface area contributed by atoms with Gasteiger partial charge in [0.2, 0.25) is 0 Å². The van der Waals surface area contributed by atoms with Crippen molar-refractivity contribution in [2.75, 3.05) is 0 Å². The highest BCUT2D eigenvalue weighted by Crippen LogP contribution is 2.16. The lowest BCUT2D eigenvalue weighted by molar-refractivity contribution is 0.499. The van der Waals surface area contributed by atoms with Gasteiger partial charge < -0.3 is 0 Å². The number of unbranched alkanes of at least 4 members (excludes halogenated alkanes) is 14. The van der Waals surface area contributed by atoms with Crippen molar-refractivity contribution in [1.82, 2.24) is 0 Å². The van der Waals surface area contributed by atoms with Crippen LogP contribution in [0.15, 0.2) is 12.7 Å². The molecule has 0 nitrogen and oxygen atoms in total. The van der Waals surface area contributed by atoms with Crippen LogP contribution >= 0.6 is 0 Å². The molecule has 0 spiro atoms. The molecule has 0 aliphatic rings. The predicted octanol–water partition coefficient (Wildman–Crippen LogP) is 8.46. The van der Waals surface area contributed by atoms with Crippen LogP contribution in [0.1, 0.15) is 123 Å². The Morgan fingerprint density at radius 3 is 1.27 bits per heavy atom. The van der Waals surface area contributed by atoms with Crippen LogP contribution in [0.5, 0.6) is 0 Å². The van der Waals surface area contributed by atoms with E-state index in [9.17, 15) is 0 Å². The lowest BCUT2D eigenvalue weighted by Gasteiger charge is -2.08. The molecule has 0 N–H and O–H groups in total. The first kappa shape index (κ1) is 21.7. The summed E-state index contributed by atoms with van der Waals surface area (Å²) in [4.78, 5) is 0. The summed E-state index contributed by atoms with van der Waals surface area (Å²) in [6.45, 7) is 8.49. The second-order valence-electron chi connectivity index (χ2n) is 7.14. The third-order valence-corrected chi connectivity index (χ3v) is 5.04. The average molecular weight is 309 g/mol. The minimum atomic E-state index is 0.766. The molecular formula is C22H44. The predicted molar refractivity (Wildman–Crippen MR) is 104 cm³/mol. The fourth-order valence-corrected chi connectivity index (χ4v) is 3.27. The molecule has 0 saturated heterocycles.